The number of anilines is 1. The molecule has 0 aromatic carbocycles. The molecule has 1 aliphatic heterocycles. The molecular formula is C11H11BrN4O2. The van der Waals surface area contributed by atoms with Gasteiger partial charge in [0, 0.05) is 23.5 Å². The van der Waals surface area contributed by atoms with Crippen LogP contribution in [0.15, 0.2) is 21.8 Å². The number of carbonyl (C=O) groups excluding carboxylic acids is 2. The summed E-state index contributed by atoms with van der Waals surface area (Å²) in [5.74, 6) is -0.0614. The lowest BCUT2D eigenvalue weighted by Gasteiger charge is -2.11. The van der Waals surface area contributed by atoms with Crippen LogP contribution in [-0.2, 0) is 9.59 Å². The summed E-state index contributed by atoms with van der Waals surface area (Å²) in [6.45, 7) is 1.90. The highest BCUT2D eigenvalue weighted by Gasteiger charge is 2.18. The van der Waals surface area contributed by atoms with Gasteiger partial charge in [0.1, 0.15) is 11.5 Å². The van der Waals surface area contributed by atoms with Gasteiger partial charge in [0.05, 0.1) is 0 Å². The summed E-state index contributed by atoms with van der Waals surface area (Å²) in [6, 6.07) is 1.75. The van der Waals surface area contributed by atoms with E-state index in [-0.39, 0.29) is 18.2 Å². The van der Waals surface area contributed by atoms with Crippen molar-refractivity contribution in [2.24, 2.45) is 5.10 Å². The van der Waals surface area contributed by atoms with E-state index < -0.39 is 0 Å². The predicted octanol–water partition coefficient (Wildman–Crippen LogP) is 1.36. The van der Waals surface area contributed by atoms with E-state index in [4.69, 9.17) is 0 Å². The zero-order chi connectivity index (χ0) is 13.1. The molecule has 0 spiro atoms. The fraction of sp³-hybridized carbons (Fsp3) is 0.273. The number of hydrazone groups is 1. The minimum Gasteiger partial charge on any atom is -0.305 e. The minimum absolute atomic E-state index is 0.177. The first-order valence-electron chi connectivity index (χ1n) is 5.35. The van der Waals surface area contributed by atoms with Crippen molar-refractivity contribution in [1.82, 2.24) is 10.4 Å². The third-order valence-corrected chi connectivity index (χ3v) is 3.29. The normalized spacial score (nSPS) is 14.8. The van der Waals surface area contributed by atoms with Crippen LogP contribution in [0.1, 0.15) is 18.4 Å². The maximum Gasteiger partial charge on any atom is 0.273 e. The molecule has 0 bridgehead atoms. The van der Waals surface area contributed by atoms with Gasteiger partial charge in [-0.2, -0.15) is 5.10 Å². The van der Waals surface area contributed by atoms with Crippen molar-refractivity contribution in [3.05, 3.63) is 22.3 Å². The summed E-state index contributed by atoms with van der Waals surface area (Å²) in [6.07, 6.45) is 2.24. The molecule has 0 fully saturated rings. The van der Waals surface area contributed by atoms with Gasteiger partial charge in [0.25, 0.3) is 5.91 Å². The van der Waals surface area contributed by atoms with E-state index in [9.17, 15) is 9.59 Å². The number of carbonyl (C=O) groups is 2. The maximum atomic E-state index is 11.8. The Morgan fingerprint density at radius 2 is 2.28 bits per heavy atom. The summed E-state index contributed by atoms with van der Waals surface area (Å²) in [5.41, 5.74) is 3.55. The third-order valence-electron chi connectivity index (χ3n) is 2.46. The highest BCUT2D eigenvalue weighted by Crippen LogP contribution is 2.17. The van der Waals surface area contributed by atoms with Crippen molar-refractivity contribution in [2.75, 3.05) is 5.32 Å². The molecule has 2 rings (SSSR count). The monoisotopic (exact) mass is 310 g/mol. The van der Waals surface area contributed by atoms with Crippen molar-refractivity contribution in [1.29, 1.82) is 0 Å². The highest BCUT2D eigenvalue weighted by atomic mass is 79.9. The van der Waals surface area contributed by atoms with Gasteiger partial charge in [-0.1, -0.05) is 0 Å². The van der Waals surface area contributed by atoms with Gasteiger partial charge >= 0.3 is 0 Å². The summed E-state index contributed by atoms with van der Waals surface area (Å²) >= 11 is 3.33. The van der Waals surface area contributed by atoms with Gasteiger partial charge < -0.3 is 5.32 Å². The molecule has 0 atom stereocenters. The first-order chi connectivity index (χ1) is 8.56. The Morgan fingerprint density at radius 3 is 2.89 bits per heavy atom. The number of aromatic nitrogens is 1. The van der Waals surface area contributed by atoms with Gasteiger partial charge in [0.2, 0.25) is 5.91 Å². The summed E-state index contributed by atoms with van der Waals surface area (Å²) in [7, 11) is 0. The summed E-state index contributed by atoms with van der Waals surface area (Å²) in [5, 5.41) is 6.36. The highest BCUT2D eigenvalue weighted by molar-refractivity contribution is 9.10. The average molecular weight is 311 g/mol. The predicted molar refractivity (Wildman–Crippen MR) is 70.1 cm³/mol. The number of nitrogens with one attached hydrogen (secondary N) is 2. The van der Waals surface area contributed by atoms with E-state index in [0.717, 1.165) is 10.0 Å². The second kappa shape index (κ2) is 5.26. The van der Waals surface area contributed by atoms with E-state index in [0.29, 0.717) is 18.0 Å². The van der Waals surface area contributed by atoms with Crippen LogP contribution in [0.25, 0.3) is 0 Å². The van der Waals surface area contributed by atoms with Gasteiger partial charge in [-0.25, -0.2) is 10.4 Å². The quantitative estimate of drug-likeness (QED) is 0.865. The Labute approximate surface area is 112 Å². The molecule has 18 heavy (non-hydrogen) atoms. The Kier molecular flexibility index (Phi) is 3.71. The van der Waals surface area contributed by atoms with E-state index in [1.165, 1.54) is 0 Å². The molecule has 1 aromatic rings. The molecule has 1 aromatic heterocycles. The average Bonchev–Trinajstić information content (AvgIpc) is 2.34. The Morgan fingerprint density at radius 1 is 1.50 bits per heavy atom. The van der Waals surface area contributed by atoms with Crippen molar-refractivity contribution in [3.8, 4) is 0 Å². The van der Waals surface area contributed by atoms with Crippen LogP contribution in [0.2, 0.25) is 0 Å². The Bertz CT molecular complexity index is 542. The first kappa shape index (κ1) is 12.7. The van der Waals surface area contributed by atoms with Crippen LogP contribution in [0.5, 0.6) is 0 Å². The zero-order valence-electron chi connectivity index (χ0n) is 9.66. The number of nitrogens with zero attached hydrogens (tertiary/aromatic N) is 2. The largest absolute Gasteiger partial charge is 0.305 e. The number of amides is 2. The topological polar surface area (TPSA) is 83.5 Å². The Hall–Kier alpha value is -1.76. The van der Waals surface area contributed by atoms with Gasteiger partial charge in [0.15, 0.2) is 0 Å². The number of hydrogen-bond acceptors (Lipinski definition) is 4. The molecule has 6 nitrogen and oxygen atoms in total. The second-order valence-corrected chi connectivity index (χ2v) is 4.72. The number of halogens is 1. The molecule has 7 heteroatoms. The van der Waals surface area contributed by atoms with Crippen LogP contribution < -0.4 is 10.7 Å². The molecule has 2 N–H and O–H groups in total. The van der Waals surface area contributed by atoms with Crippen LogP contribution in [0.3, 0.4) is 0 Å². The molecule has 1 aliphatic rings. The molecule has 0 radical (unpaired) electrons. The fourth-order valence-electron chi connectivity index (χ4n) is 1.43. The molecule has 0 saturated carbocycles. The van der Waals surface area contributed by atoms with Crippen LogP contribution in [0, 0.1) is 6.92 Å². The van der Waals surface area contributed by atoms with Crippen molar-refractivity contribution in [3.63, 3.8) is 0 Å². The lowest BCUT2D eigenvalue weighted by atomic mass is 10.1. The van der Waals surface area contributed by atoms with Gasteiger partial charge in [-0.15, -0.1) is 0 Å². The molecule has 0 aliphatic carbocycles. The number of rotatable bonds is 2. The second-order valence-electron chi connectivity index (χ2n) is 3.87. The summed E-state index contributed by atoms with van der Waals surface area (Å²) < 4.78 is 0.878. The van der Waals surface area contributed by atoms with E-state index in [1.54, 1.807) is 12.3 Å². The molecular weight excluding hydrogens is 300 g/mol. The minimum atomic E-state index is -0.343. The van der Waals surface area contributed by atoms with Crippen LogP contribution in [-0.4, -0.2) is 22.5 Å². The van der Waals surface area contributed by atoms with E-state index in [2.05, 4.69) is 36.8 Å². The van der Waals surface area contributed by atoms with Crippen molar-refractivity contribution >= 4 is 39.3 Å². The van der Waals surface area contributed by atoms with E-state index >= 15 is 0 Å². The lowest BCUT2D eigenvalue weighted by Crippen LogP contribution is -2.32. The Balaban J connectivity index is 2.07. The molecule has 2 heterocycles. The number of hydrogen-bond donors (Lipinski definition) is 2. The SMILES string of the molecule is Cc1cc(NC(=O)C2=NNC(=O)CC2)ncc1Br. The van der Waals surface area contributed by atoms with Gasteiger partial charge in [-0.3, -0.25) is 9.59 Å². The molecule has 94 valence electrons. The number of pyridine rings is 1. The van der Waals surface area contributed by atoms with E-state index in [1.807, 2.05) is 6.92 Å². The maximum absolute atomic E-state index is 11.8. The lowest BCUT2D eigenvalue weighted by molar-refractivity contribution is -0.121. The molecule has 0 saturated heterocycles. The van der Waals surface area contributed by atoms with Crippen LogP contribution in [0.4, 0.5) is 5.82 Å². The molecule has 2 amide bonds. The van der Waals surface area contributed by atoms with Crippen molar-refractivity contribution < 1.29 is 9.59 Å². The first-order valence-corrected chi connectivity index (χ1v) is 6.14. The zero-order valence-corrected chi connectivity index (χ0v) is 11.2. The smallest absolute Gasteiger partial charge is 0.273 e. The van der Waals surface area contributed by atoms with Crippen molar-refractivity contribution in [2.45, 2.75) is 19.8 Å². The standard InChI is InChI=1S/C11H11BrN4O2/c1-6-4-9(13-5-7(6)12)14-11(18)8-2-3-10(17)16-15-8/h4-5H,2-3H2,1H3,(H,16,17)(H,13,14,18). The fourth-order valence-corrected chi connectivity index (χ4v) is 1.65. The van der Waals surface area contributed by atoms with Crippen LogP contribution >= 0.6 is 15.9 Å². The summed E-state index contributed by atoms with van der Waals surface area (Å²) in [4.78, 5) is 26.8. The molecule has 0 unspecified atom stereocenters. The van der Waals surface area contributed by atoms with Gasteiger partial charge in [-0.05, 0) is 34.5 Å². The third kappa shape index (κ3) is 2.92. The number of aryl methyl sites for hydroxylation is 1.